The van der Waals surface area contributed by atoms with Crippen molar-refractivity contribution in [1.29, 1.82) is 0 Å². The molecule has 12 heavy (non-hydrogen) atoms. The highest BCUT2D eigenvalue weighted by molar-refractivity contribution is 6.80. The first kappa shape index (κ1) is 10.2. The number of hydrogen-bond donors (Lipinski definition) is 2. The Morgan fingerprint density at radius 2 is 1.75 bits per heavy atom. The van der Waals surface area contributed by atoms with Crippen molar-refractivity contribution in [3.63, 3.8) is 0 Å². The fourth-order valence-corrected chi connectivity index (χ4v) is 6.21. The van der Waals surface area contributed by atoms with Crippen LogP contribution in [-0.4, -0.2) is 27.5 Å². The van der Waals surface area contributed by atoms with Crippen LogP contribution >= 0.6 is 0 Å². The van der Waals surface area contributed by atoms with Crippen LogP contribution in [0.2, 0.25) is 12.1 Å². The van der Waals surface area contributed by atoms with Gasteiger partial charge >= 0.3 is 0 Å². The molecule has 0 atom stereocenters. The van der Waals surface area contributed by atoms with Crippen LogP contribution < -0.4 is 11.1 Å². The lowest BCUT2D eigenvalue weighted by molar-refractivity contribution is 0.720. The second-order valence-corrected chi connectivity index (χ2v) is 8.91. The van der Waals surface area contributed by atoms with Gasteiger partial charge in [-0.15, -0.1) is 0 Å². The van der Waals surface area contributed by atoms with Crippen LogP contribution in [0.4, 0.5) is 0 Å². The molecule has 0 spiro atoms. The van der Waals surface area contributed by atoms with Crippen LogP contribution in [0.25, 0.3) is 0 Å². The molecule has 0 radical (unpaired) electrons. The molecular weight excluding hydrogens is 164 g/mol. The van der Waals surface area contributed by atoms with Gasteiger partial charge in [0.1, 0.15) is 0 Å². The van der Waals surface area contributed by atoms with Gasteiger partial charge in [-0.05, 0) is 19.4 Å². The van der Waals surface area contributed by atoms with Gasteiger partial charge in [0.2, 0.25) is 0 Å². The molecule has 3 heteroatoms. The van der Waals surface area contributed by atoms with E-state index in [9.17, 15) is 0 Å². The fourth-order valence-electron chi connectivity index (χ4n) is 2.31. The Bertz CT molecular complexity index is 120. The second-order valence-electron chi connectivity index (χ2n) is 4.15. The van der Waals surface area contributed by atoms with E-state index in [4.69, 9.17) is 5.73 Å². The zero-order valence-corrected chi connectivity index (χ0v) is 9.23. The number of nitrogens with one attached hydrogen (secondary N) is 1. The minimum atomic E-state index is -1.04. The van der Waals surface area contributed by atoms with Crippen molar-refractivity contribution in [1.82, 2.24) is 5.32 Å². The third-order valence-electron chi connectivity index (χ3n) is 3.15. The predicted octanol–water partition coefficient (Wildman–Crippen LogP) is 1.27. The third kappa shape index (κ3) is 2.57. The van der Waals surface area contributed by atoms with E-state index in [0.717, 1.165) is 6.17 Å². The number of hydrogen-bond acceptors (Lipinski definition) is 2. The van der Waals surface area contributed by atoms with Gasteiger partial charge in [0.05, 0.1) is 8.07 Å². The Morgan fingerprint density at radius 1 is 1.17 bits per heavy atom. The highest BCUT2D eigenvalue weighted by Crippen LogP contribution is 2.25. The highest BCUT2D eigenvalue weighted by atomic mass is 28.3. The molecule has 0 saturated carbocycles. The van der Waals surface area contributed by atoms with E-state index < -0.39 is 8.07 Å². The molecule has 0 aromatic carbocycles. The van der Waals surface area contributed by atoms with Gasteiger partial charge in [-0.1, -0.05) is 37.8 Å². The van der Waals surface area contributed by atoms with E-state index in [0.29, 0.717) is 0 Å². The first-order chi connectivity index (χ1) is 5.83. The van der Waals surface area contributed by atoms with E-state index in [2.05, 4.69) is 12.4 Å². The third-order valence-corrected chi connectivity index (χ3v) is 7.95. The average molecular weight is 186 g/mol. The maximum absolute atomic E-state index is 5.92. The maximum Gasteiger partial charge on any atom is 0.0829 e. The minimum Gasteiger partial charge on any atom is -0.333 e. The summed E-state index contributed by atoms with van der Waals surface area (Å²) in [6.07, 6.45) is 7.99. The summed E-state index contributed by atoms with van der Waals surface area (Å²) in [4.78, 5) is 0. The standard InChI is InChI=1S/C9H22N2Si/c1-11-9-12(8-10)6-4-2-3-5-7-12/h11H,2-10H2,1H3. The number of rotatable bonds is 3. The summed E-state index contributed by atoms with van der Waals surface area (Å²) in [5.41, 5.74) is 5.92. The van der Waals surface area contributed by atoms with Gasteiger partial charge in [-0.25, -0.2) is 0 Å². The van der Waals surface area contributed by atoms with Gasteiger partial charge in [0, 0.05) is 0 Å². The summed E-state index contributed by atoms with van der Waals surface area (Å²) in [7, 11) is 1.02. The SMILES string of the molecule is CNC[Si]1(CN)CCCCCC1. The predicted molar refractivity (Wildman–Crippen MR) is 56.8 cm³/mol. The van der Waals surface area contributed by atoms with Crippen molar-refractivity contribution in [3.05, 3.63) is 0 Å². The van der Waals surface area contributed by atoms with E-state index in [-0.39, 0.29) is 0 Å². The van der Waals surface area contributed by atoms with E-state index in [1.165, 1.54) is 43.9 Å². The first-order valence-electron chi connectivity index (χ1n) is 5.18. The molecule has 0 amide bonds. The molecule has 72 valence electrons. The summed E-state index contributed by atoms with van der Waals surface area (Å²) in [5.74, 6) is 0. The monoisotopic (exact) mass is 186 g/mol. The van der Waals surface area contributed by atoms with Gasteiger partial charge in [-0.2, -0.15) is 0 Å². The van der Waals surface area contributed by atoms with Crippen LogP contribution in [0.5, 0.6) is 0 Å². The van der Waals surface area contributed by atoms with Gasteiger partial charge in [0.15, 0.2) is 0 Å². The molecule has 1 saturated heterocycles. The minimum absolute atomic E-state index is 0.994. The normalized spacial score (nSPS) is 23.5. The quantitative estimate of drug-likeness (QED) is 0.651. The number of nitrogens with two attached hydrogens (primary N) is 1. The maximum atomic E-state index is 5.92. The molecule has 0 bridgehead atoms. The van der Waals surface area contributed by atoms with Crippen molar-refractivity contribution in [2.24, 2.45) is 5.73 Å². The molecular formula is C9H22N2Si. The van der Waals surface area contributed by atoms with E-state index >= 15 is 0 Å². The van der Waals surface area contributed by atoms with E-state index in [1.807, 2.05) is 0 Å². The Kier molecular flexibility index (Phi) is 4.25. The van der Waals surface area contributed by atoms with Gasteiger partial charge < -0.3 is 11.1 Å². The van der Waals surface area contributed by atoms with Crippen molar-refractivity contribution < 1.29 is 0 Å². The van der Waals surface area contributed by atoms with Crippen LogP contribution in [0.15, 0.2) is 0 Å². The van der Waals surface area contributed by atoms with Crippen LogP contribution in [-0.2, 0) is 0 Å². The summed E-state index contributed by atoms with van der Waals surface area (Å²) < 4.78 is 0. The molecule has 1 heterocycles. The molecule has 0 unspecified atom stereocenters. The highest BCUT2D eigenvalue weighted by Gasteiger charge is 2.30. The molecule has 1 aliphatic heterocycles. The Hall–Kier alpha value is 0.137. The lowest BCUT2D eigenvalue weighted by Gasteiger charge is -2.28. The van der Waals surface area contributed by atoms with Crippen molar-refractivity contribution in [3.8, 4) is 0 Å². The second kappa shape index (κ2) is 4.99. The lowest BCUT2D eigenvalue weighted by Crippen LogP contribution is -2.50. The lowest BCUT2D eigenvalue weighted by atomic mass is 10.2. The topological polar surface area (TPSA) is 38.0 Å². The molecule has 0 aromatic rings. The largest absolute Gasteiger partial charge is 0.333 e. The fraction of sp³-hybridized carbons (Fsp3) is 1.00. The van der Waals surface area contributed by atoms with Gasteiger partial charge in [-0.3, -0.25) is 0 Å². The molecule has 1 fully saturated rings. The summed E-state index contributed by atoms with van der Waals surface area (Å²) in [6.45, 7) is 0. The van der Waals surface area contributed by atoms with Gasteiger partial charge in [0.25, 0.3) is 0 Å². The first-order valence-corrected chi connectivity index (χ1v) is 8.00. The molecule has 3 N–H and O–H groups in total. The summed E-state index contributed by atoms with van der Waals surface area (Å²) in [6, 6.07) is 2.93. The molecule has 0 aliphatic carbocycles. The smallest absolute Gasteiger partial charge is 0.0829 e. The Balaban J connectivity index is 2.48. The average Bonchev–Trinajstić information content (AvgIpc) is 2.32. The summed E-state index contributed by atoms with van der Waals surface area (Å²) >= 11 is 0. The summed E-state index contributed by atoms with van der Waals surface area (Å²) in [5, 5.41) is 3.34. The molecule has 2 nitrogen and oxygen atoms in total. The zero-order chi connectivity index (χ0) is 8.86. The molecule has 1 rings (SSSR count). The van der Waals surface area contributed by atoms with Crippen LogP contribution in [0.1, 0.15) is 25.7 Å². The molecule has 0 aromatic heterocycles. The van der Waals surface area contributed by atoms with Crippen molar-refractivity contribution in [2.75, 3.05) is 19.4 Å². The van der Waals surface area contributed by atoms with Crippen molar-refractivity contribution >= 4 is 8.07 Å². The molecule has 1 aliphatic rings. The van der Waals surface area contributed by atoms with Crippen LogP contribution in [0, 0.1) is 0 Å². The zero-order valence-electron chi connectivity index (χ0n) is 8.23. The van der Waals surface area contributed by atoms with Crippen molar-refractivity contribution in [2.45, 2.75) is 37.8 Å². The Labute approximate surface area is 76.9 Å². The Morgan fingerprint density at radius 3 is 2.17 bits per heavy atom. The van der Waals surface area contributed by atoms with E-state index in [1.54, 1.807) is 0 Å². The van der Waals surface area contributed by atoms with Crippen LogP contribution in [0.3, 0.4) is 0 Å².